The number of ether oxygens (including phenoxy) is 1. The third-order valence-corrected chi connectivity index (χ3v) is 4.65. The monoisotopic (exact) mass is 420 g/mol. The Hall–Kier alpha value is -3.63. The number of carbonyl (C=O) groups excluding carboxylic acids is 1. The number of benzene rings is 1. The van der Waals surface area contributed by atoms with Gasteiger partial charge in [0.25, 0.3) is 17.6 Å². The van der Waals surface area contributed by atoms with Crippen LogP contribution in [0.25, 0.3) is 11.5 Å². The average molecular weight is 420 g/mol. The molecule has 0 spiro atoms. The van der Waals surface area contributed by atoms with Gasteiger partial charge in [-0.15, -0.1) is 0 Å². The van der Waals surface area contributed by atoms with Gasteiger partial charge in [-0.05, 0) is 18.2 Å². The Morgan fingerprint density at radius 3 is 2.70 bits per heavy atom. The molecule has 4 rings (SSSR count). The summed E-state index contributed by atoms with van der Waals surface area (Å²) < 4.78 is 51.3. The van der Waals surface area contributed by atoms with Crippen LogP contribution < -0.4 is 4.74 Å². The van der Waals surface area contributed by atoms with Gasteiger partial charge in [0.1, 0.15) is 11.9 Å². The number of rotatable bonds is 4. The molecule has 0 atom stereocenters. The van der Waals surface area contributed by atoms with Crippen molar-refractivity contribution in [3.63, 3.8) is 0 Å². The molecule has 0 aliphatic carbocycles. The van der Waals surface area contributed by atoms with Crippen molar-refractivity contribution in [2.45, 2.75) is 18.9 Å². The quantitative estimate of drug-likeness (QED) is 0.648. The van der Waals surface area contributed by atoms with E-state index in [9.17, 15) is 23.1 Å². The van der Waals surface area contributed by atoms with E-state index in [-0.39, 0.29) is 11.9 Å². The van der Waals surface area contributed by atoms with E-state index in [0.29, 0.717) is 37.7 Å². The maximum Gasteiger partial charge on any atom is 0.295 e. The van der Waals surface area contributed by atoms with Crippen LogP contribution in [-0.4, -0.2) is 50.2 Å². The number of piperidine rings is 1. The summed E-state index contributed by atoms with van der Waals surface area (Å²) in [6.07, 6.45) is 4.29. The number of hydrogen-bond donors (Lipinski definition) is 1. The van der Waals surface area contributed by atoms with E-state index in [4.69, 9.17) is 9.26 Å². The van der Waals surface area contributed by atoms with Crippen molar-refractivity contribution in [1.29, 1.82) is 0 Å². The topological polar surface area (TPSA) is 102 Å². The number of likely N-dealkylation sites (tertiary alicyclic amines) is 1. The number of carbonyl (C=O) groups is 1. The van der Waals surface area contributed by atoms with Crippen molar-refractivity contribution in [3.8, 4) is 23.0 Å². The molecule has 1 aliphatic rings. The predicted octanol–water partition coefficient (Wildman–Crippen LogP) is 2.94. The van der Waals surface area contributed by atoms with Crippen LogP contribution in [0, 0.1) is 17.5 Å². The van der Waals surface area contributed by atoms with Crippen LogP contribution in [0.4, 0.5) is 13.2 Å². The highest BCUT2D eigenvalue weighted by Gasteiger charge is 2.29. The van der Waals surface area contributed by atoms with Crippen LogP contribution in [0.2, 0.25) is 0 Å². The van der Waals surface area contributed by atoms with Gasteiger partial charge in [-0.1, -0.05) is 5.16 Å². The molecular formula is C19H15F3N4O4. The zero-order valence-corrected chi connectivity index (χ0v) is 15.4. The largest absolute Gasteiger partial charge is 0.503 e. The van der Waals surface area contributed by atoms with Gasteiger partial charge in [-0.2, -0.15) is 9.37 Å². The van der Waals surface area contributed by atoms with E-state index < -0.39 is 40.6 Å². The van der Waals surface area contributed by atoms with Gasteiger partial charge in [0.05, 0.1) is 11.8 Å². The molecule has 0 radical (unpaired) electrons. The van der Waals surface area contributed by atoms with Gasteiger partial charge in [0.2, 0.25) is 5.82 Å². The maximum atomic E-state index is 14.0. The standard InChI is InChI=1S/C19H15F3N4O4/c20-13-8-12(14(21)16(27)15(13)22)18-24-17(25-30-18)19(28)26-6-3-10(4-7-26)29-11-2-1-5-23-9-11/h1-2,5,8-10,27H,3-4,6-7H2. The number of pyridine rings is 1. The zero-order chi connectivity index (χ0) is 21.3. The van der Waals surface area contributed by atoms with E-state index in [1.807, 2.05) is 0 Å². The zero-order valence-electron chi connectivity index (χ0n) is 15.4. The molecule has 0 saturated carbocycles. The number of hydrogen-bond acceptors (Lipinski definition) is 7. The Balaban J connectivity index is 1.43. The number of halogens is 3. The molecule has 8 nitrogen and oxygen atoms in total. The summed E-state index contributed by atoms with van der Waals surface area (Å²) in [6.45, 7) is 0.738. The summed E-state index contributed by atoms with van der Waals surface area (Å²) in [4.78, 5) is 21.8. The first kappa shape index (κ1) is 19.7. The van der Waals surface area contributed by atoms with Crippen molar-refractivity contribution in [1.82, 2.24) is 20.0 Å². The van der Waals surface area contributed by atoms with Gasteiger partial charge >= 0.3 is 0 Å². The second-order valence-electron chi connectivity index (χ2n) is 6.60. The summed E-state index contributed by atoms with van der Waals surface area (Å²) in [5.41, 5.74) is -0.651. The third kappa shape index (κ3) is 3.78. The molecule has 3 aromatic rings. The first-order chi connectivity index (χ1) is 14.4. The number of aromatic hydroxyl groups is 1. The summed E-state index contributed by atoms with van der Waals surface area (Å²) in [7, 11) is 0. The maximum absolute atomic E-state index is 14.0. The third-order valence-electron chi connectivity index (χ3n) is 4.65. The molecule has 1 N–H and O–H groups in total. The summed E-state index contributed by atoms with van der Waals surface area (Å²) in [5.74, 6) is -7.04. The highest BCUT2D eigenvalue weighted by Crippen LogP contribution is 2.31. The first-order valence-electron chi connectivity index (χ1n) is 9.00. The second-order valence-corrected chi connectivity index (χ2v) is 6.60. The fraction of sp³-hybridized carbons (Fsp3) is 0.263. The van der Waals surface area contributed by atoms with E-state index in [0.717, 1.165) is 0 Å². The lowest BCUT2D eigenvalue weighted by Gasteiger charge is -2.31. The van der Waals surface area contributed by atoms with Gasteiger partial charge in [0, 0.05) is 32.1 Å². The first-order valence-corrected chi connectivity index (χ1v) is 9.00. The Bertz CT molecular complexity index is 1070. The highest BCUT2D eigenvalue weighted by atomic mass is 19.2. The number of aromatic nitrogens is 3. The fourth-order valence-corrected chi connectivity index (χ4v) is 3.09. The lowest BCUT2D eigenvalue weighted by atomic mass is 10.1. The van der Waals surface area contributed by atoms with Crippen LogP contribution >= 0.6 is 0 Å². The van der Waals surface area contributed by atoms with Crippen molar-refractivity contribution in [2.75, 3.05) is 13.1 Å². The Kier molecular flexibility index (Phi) is 5.25. The van der Waals surface area contributed by atoms with Crippen LogP contribution in [0.5, 0.6) is 11.5 Å². The molecule has 3 heterocycles. The number of nitrogens with zero attached hydrogens (tertiary/aromatic N) is 4. The molecule has 1 fully saturated rings. The fourth-order valence-electron chi connectivity index (χ4n) is 3.09. The molecular weight excluding hydrogens is 405 g/mol. The minimum absolute atomic E-state index is 0.0849. The normalized spacial score (nSPS) is 14.7. The lowest BCUT2D eigenvalue weighted by molar-refractivity contribution is 0.0581. The van der Waals surface area contributed by atoms with Crippen LogP contribution in [0.3, 0.4) is 0 Å². The molecule has 1 aromatic carbocycles. The van der Waals surface area contributed by atoms with E-state index in [2.05, 4.69) is 15.1 Å². The van der Waals surface area contributed by atoms with Crippen molar-refractivity contribution >= 4 is 5.91 Å². The van der Waals surface area contributed by atoms with Gasteiger partial charge in [-0.3, -0.25) is 9.78 Å². The molecule has 1 aliphatic heterocycles. The summed E-state index contributed by atoms with van der Waals surface area (Å²) in [5, 5.41) is 12.8. The molecule has 30 heavy (non-hydrogen) atoms. The number of phenols is 1. The van der Waals surface area contributed by atoms with Crippen molar-refractivity contribution in [2.24, 2.45) is 0 Å². The summed E-state index contributed by atoms with van der Waals surface area (Å²) in [6, 6.07) is 4.02. The smallest absolute Gasteiger partial charge is 0.295 e. The number of amides is 1. The Labute approximate surface area is 167 Å². The van der Waals surface area contributed by atoms with Crippen LogP contribution in [-0.2, 0) is 0 Å². The lowest BCUT2D eigenvalue weighted by Crippen LogP contribution is -2.42. The molecule has 156 valence electrons. The van der Waals surface area contributed by atoms with Gasteiger partial charge < -0.3 is 19.3 Å². The van der Waals surface area contributed by atoms with E-state index >= 15 is 0 Å². The van der Waals surface area contributed by atoms with E-state index in [1.165, 1.54) is 4.90 Å². The van der Waals surface area contributed by atoms with Crippen molar-refractivity contribution in [3.05, 3.63) is 53.9 Å². The molecule has 0 unspecified atom stereocenters. The Morgan fingerprint density at radius 1 is 1.23 bits per heavy atom. The SMILES string of the molecule is O=C(c1noc(-c2cc(F)c(F)c(O)c2F)n1)N1CCC(Oc2cccnc2)CC1. The summed E-state index contributed by atoms with van der Waals surface area (Å²) >= 11 is 0. The van der Waals surface area contributed by atoms with Crippen LogP contribution in [0.1, 0.15) is 23.5 Å². The minimum Gasteiger partial charge on any atom is -0.503 e. The van der Waals surface area contributed by atoms with E-state index in [1.54, 1.807) is 24.5 Å². The molecule has 1 saturated heterocycles. The average Bonchev–Trinajstić information content (AvgIpc) is 3.25. The minimum atomic E-state index is -1.73. The van der Waals surface area contributed by atoms with Gasteiger partial charge in [-0.25, -0.2) is 8.78 Å². The molecule has 0 bridgehead atoms. The Morgan fingerprint density at radius 2 is 2.00 bits per heavy atom. The molecule has 2 aromatic heterocycles. The predicted molar refractivity (Wildman–Crippen MR) is 95.1 cm³/mol. The highest BCUT2D eigenvalue weighted by molar-refractivity contribution is 5.90. The molecule has 1 amide bonds. The van der Waals surface area contributed by atoms with Gasteiger partial charge in [0.15, 0.2) is 17.4 Å². The second kappa shape index (κ2) is 8.01. The number of phenolic OH excluding ortho intramolecular Hbond substituents is 1. The van der Waals surface area contributed by atoms with Crippen molar-refractivity contribution < 1.29 is 32.3 Å². The van der Waals surface area contributed by atoms with Crippen LogP contribution in [0.15, 0.2) is 35.1 Å². The molecule has 11 heteroatoms.